The van der Waals surface area contributed by atoms with Crippen LogP contribution in [-0.4, -0.2) is 74.4 Å². The maximum Gasteiger partial charge on any atom is 0.0710 e. The summed E-state index contributed by atoms with van der Waals surface area (Å²) in [6.07, 6.45) is 1.64. The van der Waals surface area contributed by atoms with Crippen molar-refractivity contribution in [1.29, 1.82) is 0 Å². The summed E-state index contributed by atoms with van der Waals surface area (Å²) >= 11 is 0. The minimum atomic E-state index is 0.282. The lowest BCUT2D eigenvalue weighted by Crippen LogP contribution is -2.57. The monoisotopic (exact) mass is 241 g/mol. The van der Waals surface area contributed by atoms with Crippen LogP contribution in [0.4, 0.5) is 0 Å². The molecule has 0 radical (unpaired) electrons. The van der Waals surface area contributed by atoms with Gasteiger partial charge in [0.2, 0.25) is 0 Å². The summed E-state index contributed by atoms with van der Waals surface area (Å²) < 4.78 is 5.44. The molecule has 0 spiro atoms. The molecule has 2 aliphatic rings. The van der Waals surface area contributed by atoms with E-state index in [-0.39, 0.29) is 5.54 Å². The van der Waals surface area contributed by atoms with E-state index in [1.165, 1.54) is 26.1 Å². The van der Waals surface area contributed by atoms with E-state index in [0.717, 1.165) is 26.2 Å². The molecule has 0 aliphatic carbocycles. The Labute approximate surface area is 105 Å². The van der Waals surface area contributed by atoms with Crippen molar-refractivity contribution >= 4 is 0 Å². The molecule has 2 aliphatic heterocycles. The van der Waals surface area contributed by atoms with Gasteiger partial charge in [-0.1, -0.05) is 0 Å². The zero-order valence-electron chi connectivity index (χ0n) is 11.5. The zero-order chi connectivity index (χ0) is 12.3. The molecule has 0 saturated carbocycles. The number of nitrogens with one attached hydrogen (secondary N) is 1. The molecular weight excluding hydrogens is 214 g/mol. The van der Waals surface area contributed by atoms with E-state index >= 15 is 0 Å². The van der Waals surface area contributed by atoms with Crippen LogP contribution in [0.5, 0.6) is 0 Å². The summed E-state index contributed by atoms with van der Waals surface area (Å²) in [6.45, 7) is 12.8. The van der Waals surface area contributed by atoms with Gasteiger partial charge in [-0.3, -0.25) is 9.80 Å². The van der Waals surface area contributed by atoms with E-state index in [9.17, 15) is 0 Å². The molecule has 4 nitrogen and oxygen atoms in total. The lowest BCUT2D eigenvalue weighted by molar-refractivity contribution is 0.0599. The van der Waals surface area contributed by atoms with Gasteiger partial charge >= 0.3 is 0 Å². The normalized spacial score (nSPS) is 28.8. The number of rotatable bonds is 4. The lowest BCUT2D eigenvalue weighted by atomic mass is 10.0. The van der Waals surface area contributed by atoms with Gasteiger partial charge in [0.25, 0.3) is 0 Å². The highest BCUT2D eigenvalue weighted by molar-refractivity contribution is 4.90. The van der Waals surface area contributed by atoms with Crippen LogP contribution in [0.2, 0.25) is 0 Å². The first kappa shape index (κ1) is 13.3. The molecule has 0 bridgehead atoms. The van der Waals surface area contributed by atoms with Crippen LogP contribution in [0, 0.1) is 0 Å². The molecule has 4 heteroatoms. The van der Waals surface area contributed by atoms with Crippen molar-refractivity contribution in [3.05, 3.63) is 0 Å². The molecule has 100 valence electrons. The third-order valence-electron chi connectivity index (χ3n) is 4.15. The number of ether oxygens (including phenoxy) is 1. The second-order valence-corrected chi connectivity index (χ2v) is 5.93. The molecule has 1 N–H and O–H groups in total. The van der Waals surface area contributed by atoms with Crippen molar-refractivity contribution in [3.63, 3.8) is 0 Å². The Morgan fingerprint density at radius 1 is 1.24 bits per heavy atom. The Morgan fingerprint density at radius 3 is 2.53 bits per heavy atom. The molecule has 1 unspecified atom stereocenters. The van der Waals surface area contributed by atoms with Crippen molar-refractivity contribution in [2.45, 2.75) is 31.9 Å². The number of hydrogen-bond acceptors (Lipinski definition) is 4. The highest BCUT2D eigenvalue weighted by Crippen LogP contribution is 2.20. The average molecular weight is 241 g/mol. The van der Waals surface area contributed by atoms with Gasteiger partial charge in [0.15, 0.2) is 0 Å². The van der Waals surface area contributed by atoms with Gasteiger partial charge in [0.05, 0.1) is 6.10 Å². The van der Waals surface area contributed by atoms with Gasteiger partial charge in [-0.05, 0) is 20.3 Å². The highest BCUT2D eigenvalue weighted by Gasteiger charge is 2.32. The van der Waals surface area contributed by atoms with E-state index in [0.29, 0.717) is 6.10 Å². The summed E-state index contributed by atoms with van der Waals surface area (Å²) in [7, 11) is 1.83. The van der Waals surface area contributed by atoms with Crippen LogP contribution in [-0.2, 0) is 4.74 Å². The van der Waals surface area contributed by atoms with Crippen molar-refractivity contribution in [2.24, 2.45) is 0 Å². The van der Waals surface area contributed by atoms with E-state index in [2.05, 4.69) is 29.0 Å². The summed E-state index contributed by atoms with van der Waals surface area (Å²) in [4.78, 5) is 5.17. The van der Waals surface area contributed by atoms with E-state index in [1.807, 2.05) is 7.11 Å². The number of nitrogens with zero attached hydrogens (tertiary/aromatic N) is 2. The number of piperazine rings is 1. The Balaban J connectivity index is 1.83. The van der Waals surface area contributed by atoms with Gasteiger partial charge in [-0.25, -0.2) is 0 Å². The third-order valence-corrected chi connectivity index (χ3v) is 4.15. The van der Waals surface area contributed by atoms with Crippen LogP contribution in [0.25, 0.3) is 0 Å². The SMILES string of the molecule is COC1CCN(CC(C)(C)N2CCNCC2)C1. The quantitative estimate of drug-likeness (QED) is 0.771. The van der Waals surface area contributed by atoms with Crippen LogP contribution in [0.1, 0.15) is 20.3 Å². The highest BCUT2D eigenvalue weighted by atomic mass is 16.5. The van der Waals surface area contributed by atoms with Gasteiger partial charge < -0.3 is 10.1 Å². The summed E-state index contributed by atoms with van der Waals surface area (Å²) in [6, 6.07) is 0. The Hall–Kier alpha value is -0.160. The molecule has 0 amide bonds. The largest absolute Gasteiger partial charge is 0.380 e. The first-order chi connectivity index (χ1) is 8.12. The number of methoxy groups -OCH3 is 1. The molecule has 0 aromatic carbocycles. The fraction of sp³-hybridized carbons (Fsp3) is 1.00. The van der Waals surface area contributed by atoms with Crippen molar-refractivity contribution < 1.29 is 4.74 Å². The van der Waals surface area contributed by atoms with Crippen molar-refractivity contribution in [1.82, 2.24) is 15.1 Å². The Kier molecular flexibility index (Phi) is 4.42. The van der Waals surface area contributed by atoms with E-state index < -0.39 is 0 Å². The van der Waals surface area contributed by atoms with Gasteiger partial charge in [0.1, 0.15) is 0 Å². The third kappa shape index (κ3) is 3.41. The predicted molar refractivity (Wildman–Crippen MR) is 70.4 cm³/mol. The minimum absolute atomic E-state index is 0.282. The standard InChI is InChI=1S/C13H27N3O/c1-13(2,16-8-5-14-6-9-16)11-15-7-4-12(10-15)17-3/h12,14H,4-11H2,1-3H3. The summed E-state index contributed by atoms with van der Waals surface area (Å²) in [5.74, 6) is 0. The van der Waals surface area contributed by atoms with Crippen LogP contribution >= 0.6 is 0 Å². The Morgan fingerprint density at radius 2 is 1.94 bits per heavy atom. The molecule has 0 aromatic rings. The topological polar surface area (TPSA) is 27.7 Å². The van der Waals surface area contributed by atoms with E-state index in [1.54, 1.807) is 0 Å². The van der Waals surface area contributed by atoms with Crippen LogP contribution in [0.15, 0.2) is 0 Å². The second kappa shape index (κ2) is 5.65. The molecular formula is C13H27N3O. The van der Waals surface area contributed by atoms with Gasteiger partial charge in [-0.15, -0.1) is 0 Å². The second-order valence-electron chi connectivity index (χ2n) is 5.93. The summed E-state index contributed by atoms with van der Waals surface area (Å²) in [5, 5.41) is 3.42. The maximum absolute atomic E-state index is 5.44. The van der Waals surface area contributed by atoms with Crippen molar-refractivity contribution in [2.75, 3.05) is 52.9 Å². The molecule has 2 saturated heterocycles. The molecule has 2 fully saturated rings. The number of hydrogen-bond donors (Lipinski definition) is 1. The summed E-state index contributed by atoms with van der Waals surface area (Å²) in [5.41, 5.74) is 0.282. The zero-order valence-corrected chi connectivity index (χ0v) is 11.5. The van der Waals surface area contributed by atoms with Gasteiger partial charge in [-0.2, -0.15) is 0 Å². The van der Waals surface area contributed by atoms with E-state index in [4.69, 9.17) is 4.74 Å². The fourth-order valence-electron chi connectivity index (χ4n) is 3.05. The van der Waals surface area contributed by atoms with Crippen molar-refractivity contribution in [3.8, 4) is 0 Å². The molecule has 2 rings (SSSR count). The van der Waals surface area contributed by atoms with Crippen LogP contribution in [0.3, 0.4) is 0 Å². The van der Waals surface area contributed by atoms with Crippen LogP contribution < -0.4 is 5.32 Å². The van der Waals surface area contributed by atoms with Gasteiger partial charge in [0, 0.05) is 58.5 Å². The number of likely N-dealkylation sites (tertiary alicyclic amines) is 1. The Bertz CT molecular complexity index is 239. The minimum Gasteiger partial charge on any atom is -0.380 e. The lowest BCUT2D eigenvalue weighted by Gasteiger charge is -2.43. The molecule has 0 aromatic heterocycles. The molecule has 1 atom stereocenters. The first-order valence-corrected chi connectivity index (χ1v) is 6.83. The maximum atomic E-state index is 5.44. The molecule has 2 heterocycles. The first-order valence-electron chi connectivity index (χ1n) is 6.83. The predicted octanol–water partition coefficient (Wildman–Crippen LogP) is 0.391. The average Bonchev–Trinajstić information content (AvgIpc) is 2.77. The smallest absolute Gasteiger partial charge is 0.0710 e. The fourth-order valence-corrected chi connectivity index (χ4v) is 3.05. The molecule has 17 heavy (non-hydrogen) atoms.